The molecular weight excluding hydrogens is 254 g/mol. The monoisotopic (exact) mass is 295 g/mol. The number of hydrogen-bond acceptors (Lipinski definition) is 1. The van der Waals surface area contributed by atoms with Gasteiger partial charge >= 0.3 is 0 Å². The van der Waals surface area contributed by atoms with Crippen LogP contribution in [0.5, 0.6) is 0 Å². The molecule has 0 saturated heterocycles. The average molecular weight is 296 g/mol. The van der Waals surface area contributed by atoms with Gasteiger partial charge in [-0.3, -0.25) is 0 Å². The van der Waals surface area contributed by atoms with Gasteiger partial charge in [0.05, 0.1) is 0 Å². The summed E-state index contributed by atoms with van der Waals surface area (Å²) in [5.74, 6) is 0.530. The van der Waals surface area contributed by atoms with Crippen LogP contribution in [-0.4, -0.2) is 6.04 Å². The molecule has 0 amide bonds. The zero-order chi connectivity index (χ0) is 15.8. The molecular formula is C20H41N. The van der Waals surface area contributed by atoms with Gasteiger partial charge in [0.2, 0.25) is 0 Å². The van der Waals surface area contributed by atoms with E-state index in [0.29, 0.717) is 12.0 Å². The van der Waals surface area contributed by atoms with Crippen molar-refractivity contribution in [1.29, 1.82) is 0 Å². The van der Waals surface area contributed by atoms with Gasteiger partial charge in [-0.15, -0.1) is 0 Å². The van der Waals surface area contributed by atoms with E-state index in [0.717, 1.165) is 6.42 Å². The van der Waals surface area contributed by atoms with E-state index in [1.54, 1.807) is 0 Å². The third-order valence-corrected chi connectivity index (χ3v) is 4.56. The molecule has 0 aliphatic heterocycles. The lowest BCUT2D eigenvalue weighted by Gasteiger charge is -2.13. The first kappa shape index (κ1) is 20.7. The summed E-state index contributed by atoms with van der Waals surface area (Å²) in [5.41, 5.74) is 6.01. The Hall–Kier alpha value is -0.300. The molecule has 1 heteroatoms. The second-order valence-corrected chi connectivity index (χ2v) is 6.68. The molecule has 0 aromatic rings. The quantitative estimate of drug-likeness (QED) is 0.267. The van der Waals surface area contributed by atoms with Crippen LogP contribution in [0.4, 0.5) is 0 Å². The molecule has 2 N–H and O–H groups in total. The van der Waals surface area contributed by atoms with Gasteiger partial charge in [0.25, 0.3) is 0 Å². The second kappa shape index (κ2) is 16.1. The molecule has 21 heavy (non-hydrogen) atoms. The number of hydrogen-bond donors (Lipinski definition) is 1. The number of rotatable bonds is 15. The van der Waals surface area contributed by atoms with E-state index in [1.165, 1.54) is 77.0 Å². The van der Waals surface area contributed by atoms with Gasteiger partial charge < -0.3 is 5.73 Å². The Bertz CT molecular complexity index is 222. The average Bonchev–Trinajstić information content (AvgIpc) is 2.50. The smallest absolute Gasteiger partial charge is 0.00966 e. The SMILES string of the molecule is CCCCCCCCCCCCC/C=C/C(C)C(N)CC. The van der Waals surface area contributed by atoms with Crippen molar-refractivity contribution in [3.8, 4) is 0 Å². The predicted molar refractivity (Wildman–Crippen MR) is 97.6 cm³/mol. The van der Waals surface area contributed by atoms with Crippen molar-refractivity contribution in [2.45, 2.75) is 110 Å². The van der Waals surface area contributed by atoms with Crippen molar-refractivity contribution in [2.75, 3.05) is 0 Å². The highest BCUT2D eigenvalue weighted by Crippen LogP contribution is 2.12. The summed E-state index contributed by atoms with van der Waals surface area (Å²) >= 11 is 0. The first-order valence-corrected chi connectivity index (χ1v) is 9.64. The molecule has 0 aliphatic rings. The maximum atomic E-state index is 6.01. The third-order valence-electron chi connectivity index (χ3n) is 4.56. The highest BCUT2D eigenvalue weighted by molar-refractivity contribution is 4.90. The van der Waals surface area contributed by atoms with Crippen LogP contribution in [0.2, 0.25) is 0 Å². The van der Waals surface area contributed by atoms with Crippen molar-refractivity contribution in [3.63, 3.8) is 0 Å². The van der Waals surface area contributed by atoms with E-state index >= 15 is 0 Å². The van der Waals surface area contributed by atoms with Crippen LogP contribution in [0.15, 0.2) is 12.2 Å². The van der Waals surface area contributed by atoms with Crippen molar-refractivity contribution in [2.24, 2.45) is 11.7 Å². The summed E-state index contributed by atoms with van der Waals surface area (Å²) in [6.45, 7) is 6.68. The largest absolute Gasteiger partial charge is 0.327 e. The van der Waals surface area contributed by atoms with Gasteiger partial charge in [0.15, 0.2) is 0 Å². The fourth-order valence-electron chi connectivity index (χ4n) is 2.75. The lowest BCUT2D eigenvalue weighted by molar-refractivity contribution is 0.522. The molecule has 0 spiro atoms. The van der Waals surface area contributed by atoms with E-state index in [-0.39, 0.29) is 0 Å². The second-order valence-electron chi connectivity index (χ2n) is 6.68. The summed E-state index contributed by atoms with van der Waals surface area (Å²) in [5, 5.41) is 0. The maximum Gasteiger partial charge on any atom is 0.00966 e. The van der Waals surface area contributed by atoms with Crippen molar-refractivity contribution >= 4 is 0 Å². The van der Waals surface area contributed by atoms with E-state index in [1.807, 2.05) is 0 Å². The minimum absolute atomic E-state index is 0.332. The minimum atomic E-state index is 0.332. The molecule has 1 nitrogen and oxygen atoms in total. The Balaban J connectivity index is 3.20. The van der Waals surface area contributed by atoms with Crippen LogP contribution < -0.4 is 5.73 Å². The first-order chi connectivity index (χ1) is 10.2. The molecule has 0 bridgehead atoms. The Morgan fingerprint density at radius 1 is 0.762 bits per heavy atom. The molecule has 0 saturated carbocycles. The summed E-state index contributed by atoms with van der Waals surface area (Å²) in [4.78, 5) is 0. The van der Waals surface area contributed by atoms with Gasteiger partial charge in [-0.2, -0.15) is 0 Å². The predicted octanol–water partition coefficient (Wildman–Crippen LogP) is 6.62. The van der Waals surface area contributed by atoms with Gasteiger partial charge in [-0.1, -0.05) is 97.1 Å². The minimum Gasteiger partial charge on any atom is -0.327 e. The van der Waals surface area contributed by atoms with Crippen LogP contribution in [0.25, 0.3) is 0 Å². The number of allylic oxidation sites excluding steroid dienone is 1. The van der Waals surface area contributed by atoms with E-state index in [4.69, 9.17) is 5.73 Å². The van der Waals surface area contributed by atoms with Gasteiger partial charge in [0.1, 0.15) is 0 Å². The van der Waals surface area contributed by atoms with Gasteiger partial charge in [0, 0.05) is 6.04 Å². The van der Waals surface area contributed by atoms with Gasteiger partial charge in [-0.05, 0) is 25.2 Å². The fraction of sp³-hybridized carbons (Fsp3) is 0.900. The van der Waals surface area contributed by atoms with E-state index < -0.39 is 0 Å². The standard InChI is InChI=1S/C20H41N/c1-4-6-7-8-9-10-11-12-13-14-15-16-17-18-19(3)20(21)5-2/h17-20H,4-16,21H2,1-3H3/b18-17+. The van der Waals surface area contributed by atoms with Crippen molar-refractivity contribution < 1.29 is 0 Å². The molecule has 0 rings (SSSR count). The molecule has 0 aromatic carbocycles. The van der Waals surface area contributed by atoms with Gasteiger partial charge in [-0.25, -0.2) is 0 Å². The summed E-state index contributed by atoms with van der Waals surface area (Å²) in [6.07, 6.45) is 22.6. The van der Waals surface area contributed by atoms with E-state index in [9.17, 15) is 0 Å². The summed E-state index contributed by atoms with van der Waals surface area (Å²) in [6, 6.07) is 0.332. The van der Waals surface area contributed by atoms with Crippen molar-refractivity contribution in [1.82, 2.24) is 0 Å². The van der Waals surface area contributed by atoms with Crippen LogP contribution in [0, 0.1) is 5.92 Å². The lowest BCUT2D eigenvalue weighted by Crippen LogP contribution is -2.25. The molecule has 2 unspecified atom stereocenters. The fourth-order valence-corrected chi connectivity index (χ4v) is 2.75. The first-order valence-electron chi connectivity index (χ1n) is 9.64. The molecule has 0 radical (unpaired) electrons. The highest BCUT2D eigenvalue weighted by Gasteiger charge is 2.05. The van der Waals surface area contributed by atoms with E-state index in [2.05, 4.69) is 32.9 Å². The summed E-state index contributed by atoms with van der Waals surface area (Å²) < 4.78 is 0. The number of nitrogens with two attached hydrogens (primary N) is 1. The third kappa shape index (κ3) is 14.4. The zero-order valence-electron chi connectivity index (χ0n) is 15.1. The molecule has 0 fully saturated rings. The van der Waals surface area contributed by atoms with Crippen LogP contribution in [0.3, 0.4) is 0 Å². The Morgan fingerprint density at radius 3 is 1.71 bits per heavy atom. The Morgan fingerprint density at radius 2 is 1.24 bits per heavy atom. The molecule has 0 heterocycles. The maximum absolute atomic E-state index is 6.01. The molecule has 126 valence electrons. The Labute approximate surface area is 134 Å². The highest BCUT2D eigenvalue weighted by atomic mass is 14.6. The Kier molecular flexibility index (Phi) is 15.8. The molecule has 2 atom stereocenters. The van der Waals surface area contributed by atoms with Crippen LogP contribution in [0.1, 0.15) is 104 Å². The molecule has 0 aliphatic carbocycles. The number of unbranched alkanes of at least 4 members (excludes halogenated alkanes) is 11. The lowest BCUT2D eigenvalue weighted by atomic mass is 9.99. The summed E-state index contributed by atoms with van der Waals surface area (Å²) in [7, 11) is 0. The molecule has 0 aromatic heterocycles. The zero-order valence-corrected chi connectivity index (χ0v) is 15.1. The topological polar surface area (TPSA) is 26.0 Å². The van der Waals surface area contributed by atoms with Crippen LogP contribution in [-0.2, 0) is 0 Å². The normalized spacial score (nSPS) is 14.7. The van der Waals surface area contributed by atoms with Crippen molar-refractivity contribution in [3.05, 3.63) is 12.2 Å². The van der Waals surface area contributed by atoms with Crippen LogP contribution >= 0.6 is 0 Å².